The highest BCUT2D eigenvalue weighted by atomic mass is 35.5. The van der Waals surface area contributed by atoms with E-state index in [4.69, 9.17) is 23.2 Å². The second-order valence-electron chi connectivity index (χ2n) is 6.93. The summed E-state index contributed by atoms with van der Waals surface area (Å²) in [6.45, 7) is 0.605. The summed E-state index contributed by atoms with van der Waals surface area (Å²) in [4.78, 5) is 13.7. The van der Waals surface area contributed by atoms with Crippen LogP contribution >= 0.6 is 23.2 Å². The maximum atomic E-state index is 14.0. The van der Waals surface area contributed by atoms with Crippen molar-refractivity contribution in [1.82, 2.24) is 15.0 Å². The molecule has 1 aliphatic rings. The molecule has 1 unspecified atom stereocenters. The highest BCUT2D eigenvalue weighted by molar-refractivity contribution is 6.31. The van der Waals surface area contributed by atoms with E-state index in [0.29, 0.717) is 29.5 Å². The molecule has 2 aromatic heterocycles. The smallest absolute Gasteiger partial charge is 0.226 e. The lowest BCUT2D eigenvalue weighted by atomic mass is 9.92. The number of benzene rings is 2. The number of hydrogen-bond donors (Lipinski definition) is 1. The van der Waals surface area contributed by atoms with Crippen LogP contribution in [-0.2, 0) is 6.42 Å². The SMILES string of the molecule is Fc1cnc(N2CCc3c([nH]c4cc(F)c(Cl)cc34)C2c2ccc(Cl)cc2)nc1. The minimum Gasteiger partial charge on any atom is -0.356 e. The third-order valence-corrected chi connectivity index (χ3v) is 5.76. The van der Waals surface area contributed by atoms with E-state index in [9.17, 15) is 8.78 Å². The number of nitrogens with one attached hydrogen (secondary N) is 1. The zero-order chi connectivity index (χ0) is 20.1. The molecule has 0 radical (unpaired) electrons. The van der Waals surface area contributed by atoms with Crippen molar-refractivity contribution in [3.05, 3.63) is 87.3 Å². The van der Waals surface area contributed by atoms with E-state index in [2.05, 4.69) is 15.0 Å². The average molecular weight is 431 g/mol. The van der Waals surface area contributed by atoms with Crippen molar-refractivity contribution in [3.8, 4) is 0 Å². The molecule has 0 saturated heterocycles. The van der Waals surface area contributed by atoms with Crippen LogP contribution in [0.15, 0.2) is 48.8 Å². The fraction of sp³-hybridized carbons (Fsp3) is 0.143. The molecule has 0 saturated carbocycles. The second kappa shape index (κ2) is 6.97. The van der Waals surface area contributed by atoms with E-state index in [-0.39, 0.29) is 11.1 Å². The molecule has 1 aliphatic heterocycles. The van der Waals surface area contributed by atoms with Crippen molar-refractivity contribution in [2.24, 2.45) is 0 Å². The lowest BCUT2D eigenvalue weighted by Crippen LogP contribution is -2.37. The predicted octanol–water partition coefficient (Wildman–Crippen LogP) is 5.70. The Kier molecular flexibility index (Phi) is 4.41. The van der Waals surface area contributed by atoms with Gasteiger partial charge in [-0.2, -0.15) is 0 Å². The molecule has 1 atom stereocenters. The topological polar surface area (TPSA) is 44.8 Å². The number of anilines is 1. The molecule has 146 valence electrons. The van der Waals surface area contributed by atoms with Crippen LogP contribution in [0, 0.1) is 11.6 Å². The van der Waals surface area contributed by atoms with Gasteiger partial charge >= 0.3 is 0 Å². The molecule has 8 heteroatoms. The first kappa shape index (κ1) is 18.3. The summed E-state index contributed by atoms with van der Waals surface area (Å²) in [5, 5.41) is 1.61. The molecule has 0 spiro atoms. The molecule has 0 amide bonds. The van der Waals surface area contributed by atoms with Crippen molar-refractivity contribution in [2.45, 2.75) is 12.5 Å². The Hall–Kier alpha value is -2.70. The molecule has 1 N–H and O–H groups in total. The Morgan fingerprint density at radius 2 is 1.76 bits per heavy atom. The fourth-order valence-corrected chi connectivity index (χ4v) is 4.24. The molecule has 4 aromatic rings. The number of aromatic nitrogens is 3. The first-order valence-electron chi connectivity index (χ1n) is 9.00. The van der Waals surface area contributed by atoms with Crippen LogP contribution in [-0.4, -0.2) is 21.5 Å². The summed E-state index contributed by atoms with van der Waals surface area (Å²) >= 11 is 12.1. The Balaban J connectivity index is 1.71. The minimum absolute atomic E-state index is 0.0895. The lowest BCUT2D eigenvalue weighted by molar-refractivity contribution is 0.596. The first-order chi connectivity index (χ1) is 14.0. The fourth-order valence-electron chi connectivity index (χ4n) is 3.95. The maximum absolute atomic E-state index is 14.0. The van der Waals surface area contributed by atoms with E-state index in [1.54, 1.807) is 6.07 Å². The Morgan fingerprint density at radius 3 is 2.48 bits per heavy atom. The van der Waals surface area contributed by atoms with Gasteiger partial charge < -0.3 is 9.88 Å². The standard InChI is InChI=1S/C21H14Cl2F2N4/c22-12-3-1-11(2-4-12)20-19-14(15-7-16(23)17(25)8-18(15)28-19)5-6-29(20)21-26-9-13(24)10-27-21/h1-4,7-10,20,28H,5-6H2. The van der Waals surface area contributed by atoms with Gasteiger partial charge in [-0.05, 0) is 41.8 Å². The Bertz CT molecular complexity index is 1210. The van der Waals surface area contributed by atoms with Gasteiger partial charge in [0.2, 0.25) is 5.95 Å². The van der Waals surface area contributed by atoms with Gasteiger partial charge in [-0.25, -0.2) is 18.7 Å². The van der Waals surface area contributed by atoms with Gasteiger partial charge in [-0.1, -0.05) is 35.3 Å². The second-order valence-corrected chi connectivity index (χ2v) is 7.77. The van der Waals surface area contributed by atoms with Crippen molar-refractivity contribution in [2.75, 3.05) is 11.4 Å². The number of halogens is 4. The highest BCUT2D eigenvalue weighted by Crippen LogP contribution is 2.40. The summed E-state index contributed by atoms with van der Waals surface area (Å²) in [6.07, 6.45) is 2.98. The highest BCUT2D eigenvalue weighted by Gasteiger charge is 2.33. The number of aromatic amines is 1. The van der Waals surface area contributed by atoms with Crippen molar-refractivity contribution in [3.63, 3.8) is 0 Å². The van der Waals surface area contributed by atoms with E-state index in [1.807, 2.05) is 29.2 Å². The van der Waals surface area contributed by atoms with E-state index >= 15 is 0 Å². The Morgan fingerprint density at radius 1 is 1.03 bits per heavy atom. The molecule has 0 bridgehead atoms. The van der Waals surface area contributed by atoms with Gasteiger partial charge in [0.25, 0.3) is 0 Å². The summed E-state index contributed by atoms with van der Waals surface area (Å²) in [6, 6.07) is 10.3. The van der Waals surface area contributed by atoms with Gasteiger partial charge in [0.15, 0.2) is 5.82 Å². The van der Waals surface area contributed by atoms with Crippen LogP contribution in [0.25, 0.3) is 10.9 Å². The van der Waals surface area contributed by atoms with Crippen LogP contribution in [0.3, 0.4) is 0 Å². The quantitative estimate of drug-likeness (QED) is 0.443. The van der Waals surface area contributed by atoms with Crippen LogP contribution in [0.2, 0.25) is 10.0 Å². The predicted molar refractivity (Wildman–Crippen MR) is 110 cm³/mol. The van der Waals surface area contributed by atoms with Gasteiger partial charge in [-0.15, -0.1) is 0 Å². The monoisotopic (exact) mass is 430 g/mol. The molecule has 0 fully saturated rings. The number of nitrogens with zero attached hydrogens (tertiary/aromatic N) is 3. The van der Waals surface area contributed by atoms with E-state index in [1.165, 1.54) is 6.07 Å². The summed E-state index contributed by atoms with van der Waals surface area (Å²) in [5.41, 5.74) is 3.61. The van der Waals surface area contributed by atoms with Crippen LogP contribution in [0.4, 0.5) is 14.7 Å². The first-order valence-corrected chi connectivity index (χ1v) is 9.76. The number of H-pyrrole nitrogens is 1. The molecule has 2 aromatic carbocycles. The van der Waals surface area contributed by atoms with Gasteiger partial charge in [-0.3, -0.25) is 0 Å². The number of rotatable bonds is 2. The summed E-state index contributed by atoms with van der Waals surface area (Å²) in [5.74, 6) is -0.551. The molecule has 3 heterocycles. The van der Waals surface area contributed by atoms with Gasteiger partial charge in [0.05, 0.1) is 23.5 Å². The van der Waals surface area contributed by atoms with Crippen LogP contribution in [0.5, 0.6) is 0 Å². The number of fused-ring (bicyclic) bond motifs is 3. The van der Waals surface area contributed by atoms with Crippen molar-refractivity contribution >= 4 is 40.1 Å². The molecular formula is C21H14Cl2F2N4. The molecular weight excluding hydrogens is 417 g/mol. The third kappa shape index (κ3) is 3.12. The minimum atomic E-state index is -0.495. The lowest BCUT2D eigenvalue weighted by Gasteiger charge is -2.36. The average Bonchev–Trinajstić information content (AvgIpc) is 3.06. The summed E-state index contributed by atoms with van der Waals surface area (Å²) < 4.78 is 27.4. The zero-order valence-electron chi connectivity index (χ0n) is 15.0. The van der Waals surface area contributed by atoms with Gasteiger partial charge in [0, 0.05) is 28.2 Å². The number of hydrogen-bond acceptors (Lipinski definition) is 3. The molecule has 0 aliphatic carbocycles. The normalized spacial score (nSPS) is 16.3. The van der Waals surface area contributed by atoms with E-state index < -0.39 is 11.6 Å². The summed E-state index contributed by atoms with van der Waals surface area (Å²) in [7, 11) is 0. The van der Waals surface area contributed by atoms with Crippen LogP contribution in [0.1, 0.15) is 22.9 Å². The Labute approximate surface area is 175 Å². The maximum Gasteiger partial charge on any atom is 0.226 e. The molecule has 4 nitrogen and oxygen atoms in total. The van der Waals surface area contributed by atoms with E-state index in [0.717, 1.165) is 34.6 Å². The van der Waals surface area contributed by atoms with Crippen molar-refractivity contribution < 1.29 is 8.78 Å². The molecule has 5 rings (SSSR count). The van der Waals surface area contributed by atoms with Crippen molar-refractivity contribution in [1.29, 1.82) is 0 Å². The largest absolute Gasteiger partial charge is 0.356 e. The molecule has 29 heavy (non-hydrogen) atoms. The third-order valence-electron chi connectivity index (χ3n) is 5.22. The van der Waals surface area contributed by atoms with Crippen LogP contribution < -0.4 is 4.90 Å². The van der Waals surface area contributed by atoms with Gasteiger partial charge in [0.1, 0.15) is 5.82 Å². The zero-order valence-corrected chi connectivity index (χ0v) is 16.5.